The minimum absolute atomic E-state index is 0.809. The Kier molecular flexibility index (Phi) is 2.23. The van der Waals surface area contributed by atoms with Crippen LogP contribution in [0.4, 0.5) is 5.69 Å². The first kappa shape index (κ1) is 8.82. The molecule has 0 atom stereocenters. The second kappa shape index (κ2) is 3.54. The molecule has 0 saturated heterocycles. The topological polar surface area (TPSA) is 26.0 Å². The normalized spacial score (nSPS) is 10.1. The summed E-state index contributed by atoms with van der Waals surface area (Å²) in [5.41, 5.74) is 10.2. The number of anilines is 1. The van der Waals surface area contributed by atoms with Crippen LogP contribution in [0.1, 0.15) is 5.56 Å². The average molecular weight is 183 g/mol. The Morgan fingerprint density at radius 2 is 1.50 bits per heavy atom. The summed E-state index contributed by atoms with van der Waals surface area (Å²) in [6, 6.07) is 16.4. The van der Waals surface area contributed by atoms with Gasteiger partial charge in [0, 0.05) is 5.69 Å². The van der Waals surface area contributed by atoms with Crippen LogP contribution in [0, 0.1) is 6.92 Å². The van der Waals surface area contributed by atoms with Crippen LogP contribution in [0.15, 0.2) is 48.5 Å². The third-order valence-electron chi connectivity index (χ3n) is 2.24. The van der Waals surface area contributed by atoms with Gasteiger partial charge < -0.3 is 5.73 Å². The lowest BCUT2D eigenvalue weighted by Gasteiger charge is -2.03. The van der Waals surface area contributed by atoms with Crippen molar-refractivity contribution in [3.63, 3.8) is 0 Å². The van der Waals surface area contributed by atoms with E-state index in [1.807, 2.05) is 18.2 Å². The van der Waals surface area contributed by atoms with Gasteiger partial charge in [0.1, 0.15) is 0 Å². The molecule has 1 heteroatoms. The van der Waals surface area contributed by atoms with E-state index in [9.17, 15) is 0 Å². The van der Waals surface area contributed by atoms with Crippen molar-refractivity contribution in [3.05, 3.63) is 54.1 Å². The van der Waals surface area contributed by atoms with Crippen LogP contribution in [0.5, 0.6) is 0 Å². The Bertz CT molecular complexity index is 403. The van der Waals surface area contributed by atoms with Crippen molar-refractivity contribution in [1.29, 1.82) is 0 Å². The second-order valence-corrected chi connectivity index (χ2v) is 3.49. The molecule has 2 aromatic rings. The smallest absolute Gasteiger partial charge is 0.0320 e. The second-order valence-electron chi connectivity index (χ2n) is 3.49. The predicted molar refractivity (Wildman–Crippen MR) is 61.0 cm³/mol. The standard InChI is InChI=1S/C13H13N/c1-10-4-2-5-11(8-10)12-6-3-7-13(14)9-12/h2-9H,14H2,1H3. The summed E-state index contributed by atoms with van der Waals surface area (Å²) < 4.78 is 0. The summed E-state index contributed by atoms with van der Waals surface area (Å²) in [4.78, 5) is 0. The largest absolute Gasteiger partial charge is 0.399 e. The first-order valence-electron chi connectivity index (χ1n) is 4.68. The molecule has 0 unspecified atom stereocenters. The fraction of sp³-hybridized carbons (Fsp3) is 0.0769. The average Bonchev–Trinajstić information content (AvgIpc) is 2.18. The van der Waals surface area contributed by atoms with Gasteiger partial charge in [-0.2, -0.15) is 0 Å². The van der Waals surface area contributed by atoms with Gasteiger partial charge in [-0.15, -0.1) is 0 Å². The van der Waals surface area contributed by atoms with Crippen molar-refractivity contribution in [1.82, 2.24) is 0 Å². The molecule has 0 aliphatic carbocycles. The van der Waals surface area contributed by atoms with Gasteiger partial charge in [0.25, 0.3) is 0 Å². The fourth-order valence-corrected chi connectivity index (χ4v) is 1.54. The lowest BCUT2D eigenvalue weighted by atomic mass is 10.0. The highest BCUT2D eigenvalue weighted by Gasteiger charge is 1.97. The molecule has 2 aromatic carbocycles. The molecule has 0 spiro atoms. The quantitative estimate of drug-likeness (QED) is 0.675. The number of aryl methyl sites for hydroxylation is 1. The van der Waals surface area contributed by atoms with E-state index in [0.717, 1.165) is 5.69 Å². The van der Waals surface area contributed by atoms with Gasteiger partial charge >= 0.3 is 0 Å². The highest BCUT2D eigenvalue weighted by Crippen LogP contribution is 2.21. The number of rotatable bonds is 1. The van der Waals surface area contributed by atoms with Crippen LogP contribution in [0.3, 0.4) is 0 Å². The van der Waals surface area contributed by atoms with Crippen molar-refractivity contribution < 1.29 is 0 Å². The number of hydrogen-bond donors (Lipinski definition) is 1. The van der Waals surface area contributed by atoms with E-state index in [1.165, 1.54) is 16.7 Å². The van der Waals surface area contributed by atoms with Gasteiger partial charge in [-0.1, -0.05) is 42.0 Å². The molecular weight excluding hydrogens is 170 g/mol. The van der Waals surface area contributed by atoms with Gasteiger partial charge in [0.05, 0.1) is 0 Å². The molecule has 0 amide bonds. The molecule has 1 nitrogen and oxygen atoms in total. The van der Waals surface area contributed by atoms with Crippen molar-refractivity contribution in [2.45, 2.75) is 6.92 Å². The number of hydrogen-bond acceptors (Lipinski definition) is 1. The van der Waals surface area contributed by atoms with Gasteiger partial charge in [-0.3, -0.25) is 0 Å². The molecule has 14 heavy (non-hydrogen) atoms. The zero-order valence-corrected chi connectivity index (χ0v) is 8.20. The monoisotopic (exact) mass is 183 g/mol. The molecule has 0 bridgehead atoms. The Labute approximate surface area is 84.2 Å². The molecule has 2 rings (SSSR count). The van der Waals surface area contributed by atoms with Gasteiger partial charge in [-0.25, -0.2) is 0 Å². The van der Waals surface area contributed by atoms with E-state index in [4.69, 9.17) is 5.73 Å². The first-order valence-corrected chi connectivity index (χ1v) is 4.68. The van der Waals surface area contributed by atoms with Crippen molar-refractivity contribution in [2.24, 2.45) is 0 Å². The van der Waals surface area contributed by atoms with Crippen molar-refractivity contribution in [3.8, 4) is 11.1 Å². The lowest BCUT2D eigenvalue weighted by Crippen LogP contribution is -1.85. The maximum Gasteiger partial charge on any atom is 0.0320 e. The summed E-state index contributed by atoms with van der Waals surface area (Å²) in [5, 5.41) is 0. The van der Waals surface area contributed by atoms with E-state index in [1.54, 1.807) is 0 Å². The van der Waals surface area contributed by atoms with Crippen LogP contribution < -0.4 is 5.73 Å². The fourth-order valence-electron chi connectivity index (χ4n) is 1.54. The number of nitrogens with two attached hydrogens (primary N) is 1. The van der Waals surface area contributed by atoms with Crippen LogP contribution in [0.25, 0.3) is 11.1 Å². The maximum absolute atomic E-state index is 5.73. The van der Waals surface area contributed by atoms with Crippen LogP contribution in [-0.4, -0.2) is 0 Å². The maximum atomic E-state index is 5.73. The van der Waals surface area contributed by atoms with E-state index in [2.05, 4.69) is 37.3 Å². The SMILES string of the molecule is Cc1cccc(-c2cccc(N)c2)c1. The van der Waals surface area contributed by atoms with Crippen molar-refractivity contribution in [2.75, 3.05) is 5.73 Å². The third-order valence-corrected chi connectivity index (χ3v) is 2.24. The Morgan fingerprint density at radius 3 is 2.14 bits per heavy atom. The van der Waals surface area contributed by atoms with Crippen LogP contribution in [-0.2, 0) is 0 Å². The summed E-state index contributed by atoms with van der Waals surface area (Å²) in [5.74, 6) is 0. The zero-order valence-electron chi connectivity index (χ0n) is 8.20. The summed E-state index contributed by atoms with van der Waals surface area (Å²) in [6.07, 6.45) is 0. The van der Waals surface area contributed by atoms with E-state index < -0.39 is 0 Å². The summed E-state index contributed by atoms with van der Waals surface area (Å²) in [7, 11) is 0. The Hall–Kier alpha value is -1.76. The zero-order chi connectivity index (χ0) is 9.97. The highest BCUT2D eigenvalue weighted by atomic mass is 14.5. The van der Waals surface area contributed by atoms with Gasteiger partial charge in [0.2, 0.25) is 0 Å². The summed E-state index contributed by atoms with van der Waals surface area (Å²) in [6.45, 7) is 2.09. The minimum atomic E-state index is 0.809. The molecule has 0 aliphatic rings. The Morgan fingerprint density at radius 1 is 0.857 bits per heavy atom. The molecule has 0 fully saturated rings. The summed E-state index contributed by atoms with van der Waals surface area (Å²) >= 11 is 0. The molecule has 0 saturated carbocycles. The highest BCUT2D eigenvalue weighted by molar-refractivity contribution is 5.67. The van der Waals surface area contributed by atoms with E-state index >= 15 is 0 Å². The number of benzene rings is 2. The third kappa shape index (κ3) is 1.77. The van der Waals surface area contributed by atoms with Crippen molar-refractivity contribution >= 4 is 5.69 Å². The van der Waals surface area contributed by atoms with Crippen LogP contribution >= 0.6 is 0 Å². The molecule has 2 N–H and O–H groups in total. The van der Waals surface area contributed by atoms with E-state index in [-0.39, 0.29) is 0 Å². The van der Waals surface area contributed by atoms with Gasteiger partial charge in [-0.05, 0) is 30.2 Å². The molecule has 0 radical (unpaired) electrons. The van der Waals surface area contributed by atoms with Crippen LogP contribution in [0.2, 0.25) is 0 Å². The molecule has 70 valence electrons. The number of nitrogen functional groups attached to an aromatic ring is 1. The first-order chi connectivity index (χ1) is 6.75. The molecular formula is C13H13N. The molecule has 0 aromatic heterocycles. The van der Waals surface area contributed by atoms with Gasteiger partial charge in [0.15, 0.2) is 0 Å². The predicted octanol–water partition coefficient (Wildman–Crippen LogP) is 3.24. The lowest BCUT2D eigenvalue weighted by molar-refractivity contribution is 1.47. The molecule has 0 heterocycles. The minimum Gasteiger partial charge on any atom is -0.399 e. The Balaban J connectivity index is 2.49. The molecule has 0 aliphatic heterocycles. The van der Waals surface area contributed by atoms with E-state index in [0.29, 0.717) is 0 Å².